The van der Waals surface area contributed by atoms with Crippen molar-refractivity contribution in [2.45, 2.75) is 26.3 Å². The summed E-state index contributed by atoms with van der Waals surface area (Å²) in [7, 11) is 0. The summed E-state index contributed by atoms with van der Waals surface area (Å²) in [4.78, 5) is 33.3. The van der Waals surface area contributed by atoms with Gasteiger partial charge >= 0.3 is 6.03 Å². The summed E-state index contributed by atoms with van der Waals surface area (Å²) in [5.74, 6) is 0.0195. The van der Waals surface area contributed by atoms with Crippen molar-refractivity contribution < 1.29 is 9.59 Å². The summed E-state index contributed by atoms with van der Waals surface area (Å²) in [6, 6.07) is 14.9. The maximum Gasteiger partial charge on any atom is 0.318 e. The van der Waals surface area contributed by atoms with Gasteiger partial charge in [-0.3, -0.25) is 9.78 Å². The van der Waals surface area contributed by atoms with Gasteiger partial charge in [0, 0.05) is 37.4 Å². The lowest BCUT2D eigenvalue weighted by molar-refractivity contribution is 0.0663. The molecule has 1 unspecified atom stereocenters. The first kappa shape index (κ1) is 18.9. The van der Waals surface area contributed by atoms with Crippen LogP contribution in [-0.2, 0) is 0 Å². The van der Waals surface area contributed by atoms with Crippen LogP contribution in [0.4, 0.5) is 4.79 Å². The average Bonchev–Trinajstić information content (AvgIpc) is 2.72. The number of nitrogens with one attached hydrogen (secondary N) is 1. The van der Waals surface area contributed by atoms with Crippen molar-refractivity contribution in [2.75, 3.05) is 26.2 Å². The zero-order valence-corrected chi connectivity index (χ0v) is 15.9. The van der Waals surface area contributed by atoms with Crippen LogP contribution in [0.1, 0.15) is 41.1 Å². The number of aryl methyl sites for hydroxylation is 1. The van der Waals surface area contributed by atoms with Crippen LogP contribution in [0.5, 0.6) is 0 Å². The smallest absolute Gasteiger partial charge is 0.318 e. The quantitative estimate of drug-likeness (QED) is 0.905. The molecular formula is C21H26N4O2. The molecule has 1 aromatic heterocycles. The van der Waals surface area contributed by atoms with Gasteiger partial charge in [0.2, 0.25) is 0 Å². The van der Waals surface area contributed by atoms with Crippen LogP contribution >= 0.6 is 0 Å². The van der Waals surface area contributed by atoms with Gasteiger partial charge in [0.1, 0.15) is 0 Å². The van der Waals surface area contributed by atoms with E-state index < -0.39 is 0 Å². The van der Waals surface area contributed by atoms with Crippen LogP contribution in [0, 0.1) is 6.92 Å². The van der Waals surface area contributed by atoms with Gasteiger partial charge < -0.3 is 15.1 Å². The Hall–Kier alpha value is -2.89. The molecule has 1 aliphatic heterocycles. The predicted molar refractivity (Wildman–Crippen MR) is 104 cm³/mol. The average molecular weight is 366 g/mol. The van der Waals surface area contributed by atoms with Gasteiger partial charge in [-0.1, -0.05) is 31.2 Å². The molecule has 6 heteroatoms. The number of amides is 3. The van der Waals surface area contributed by atoms with E-state index in [-0.39, 0.29) is 18.0 Å². The van der Waals surface area contributed by atoms with Crippen LogP contribution in [0.15, 0.2) is 48.5 Å². The Bertz CT molecular complexity index is 786. The summed E-state index contributed by atoms with van der Waals surface area (Å²) >= 11 is 0. The standard InChI is InChI=1S/C21H26N4O2/c1-3-18(19-11-7-8-16(2)22-19)23-21(27)25-14-12-24(13-15-25)20(26)17-9-5-4-6-10-17/h4-11,18H,3,12-15H2,1-2H3,(H,23,27). The number of hydrogen-bond donors (Lipinski definition) is 1. The summed E-state index contributed by atoms with van der Waals surface area (Å²) in [5.41, 5.74) is 2.50. The van der Waals surface area contributed by atoms with E-state index in [0.29, 0.717) is 31.7 Å². The van der Waals surface area contributed by atoms with Crippen molar-refractivity contribution in [1.82, 2.24) is 20.1 Å². The molecule has 0 bridgehead atoms. The minimum absolute atomic E-state index is 0.0195. The third kappa shape index (κ3) is 4.64. The lowest BCUT2D eigenvalue weighted by Crippen LogP contribution is -2.53. The van der Waals surface area contributed by atoms with Gasteiger partial charge in [-0.25, -0.2) is 4.79 Å². The Balaban J connectivity index is 1.56. The molecule has 3 amide bonds. The fourth-order valence-electron chi connectivity index (χ4n) is 3.26. The Kier molecular flexibility index (Phi) is 6.06. The van der Waals surface area contributed by atoms with Crippen molar-refractivity contribution in [3.63, 3.8) is 0 Å². The Morgan fingerprint density at radius 1 is 1.00 bits per heavy atom. The molecule has 3 rings (SSSR count). The first-order valence-electron chi connectivity index (χ1n) is 9.41. The predicted octanol–water partition coefficient (Wildman–Crippen LogP) is 3.01. The molecule has 1 N–H and O–H groups in total. The highest BCUT2D eigenvalue weighted by atomic mass is 16.2. The third-order valence-corrected chi connectivity index (χ3v) is 4.85. The van der Waals surface area contributed by atoms with Crippen LogP contribution in [0.3, 0.4) is 0 Å². The van der Waals surface area contributed by atoms with Crippen molar-refractivity contribution in [1.29, 1.82) is 0 Å². The number of hydrogen-bond acceptors (Lipinski definition) is 3. The number of piperazine rings is 1. The van der Waals surface area contributed by atoms with Crippen LogP contribution < -0.4 is 5.32 Å². The number of aromatic nitrogens is 1. The monoisotopic (exact) mass is 366 g/mol. The molecule has 27 heavy (non-hydrogen) atoms. The molecule has 1 aliphatic rings. The summed E-state index contributed by atoms with van der Waals surface area (Å²) in [6.07, 6.45) is 0.772. The first-order chi connectivity index (χ1) is 13.1. The second kappa shape index (κ2) is 8.66. The van der Waals surface area contributed by atoms with Gasteiger partial charge in [-0.15, -0.1) is 0 Å². The van der Waals surface area contributed by atoms with Crippen LogP contribution in [-0.4, -0.2) is 52.9 Å². The van der Waals surface area contributed by atoms with E-state index in [9.17, 15) is 9.59 Å². The molecule has 2 heterocycles. The topological polar surface area (TPSA) is 65.5 Å². The fourth-order valence-corrected chi connectivity index (χ4v) is 3.26. The molecule has 6 nitrogen and oxygen atoms in total. The lowest BCUT2D eigenvalue weighted by atomic mass is 10.1. The van der Waals surface area contributed by atoms with E-state index in [2.05, 4.69) is 10.3 Å². The third-order valence-electron chi connectivity index (χ3n) is 4.85. The molecule has 2 aromatic rings. The second-order valence-electron chi connectivity index (χ2n) is 6.76. The molecule has 0 radical (unpaired) electrons. The number of carbonyl (C=O) groups is 2. The Labute approximate surface area is 160 Å². The number of carbonyl (C=O) groups excluding carboxylic acids is 2. The summed E-state index contributed by atoms with van der Waals surface area (Å²) < 4.78 is 0. The molecule has 1 atom stereocenters. The van der Waals surface area contributed by atoms with Gasteiger partial charge in [0.05, 0.1) is 11.7 Å². The maximum absolute atomic E-state index is 12.7. The molecule has 1 aromatic carbocycles. The van der Waals surface area contributed by atoms with Crippen molar-refractivity contribution in [2.24, 2.45) is 0 Å². The van der Waals surface area contributed by atoms with Crippen molar-refractivity contribution in [3.8, 4) is 0 Å². The molecule has 1 saturated heterocycles. The van der Waals surface area contributed by atoms with E-state index in [4.69, 9.17) is 0 Å². The van der Waals surface area contributed by atoms with Gasteiger partial charge in [-0.05, 0) is 37.6 Å². The molecule has 0 saturated carbocycles. The van der Waals surface area contributed by atoms with Crippen LogP contribution in [0.2, 0.25) is 0 Å². The number of pyridine rings is 1. The van der Waals surface area contributed by atoms with Crippen molar-refractivity contribution >= 4 is 11.9 Å². The molecular weight excluding hydrogens is 340 g/mol. The lowest BCUT2D eigenvalue weighted by Gasteiger charge is -2.35. The highest BCUT2D eigenvalue weighted by Crippen LogP contribution is 2.16. The zero-order chi connectivity index (χ0) is 19.2. The summed E-state index contributed by atoms with van der Waals surface area (Å²) in [5, 5.41) is 3.08. The van der Waals surface area contributed by atoms with E-state index in [0.717, 1.165) is 17.8 Å². The SMILES string of the molecule is CCC(NC(=O)N1CCN(C(=O)c2ccccc2)CC1)c1cccc(C)n1. The molecule has 0 spiro atoms. The molecule has 0 aliphatic carbocycles. The highest BCUT2D eigenvalue weighted by molar-refractivity contribution is 5.94. The largest absolute Gasteiger partial charge is 0.335 e. The zero-order valence-electron chi connectivity index (χ0n) is 15.9. The van der Waals surface area contributed by atoms with Gasteiger partial charge in [-0.2, -0.15) is 0 Å². The van der Waals surface area contributed by atoms with Gasteiger partial charge in [0.25, 0.3) is 5.91 Å². The van der Waals surface area contributed by atoms with E-state index in [1.165, 1.54) is 0 Å². The fraction of sp³-hybridized carbons (Fsp3) is 0.381. The van der Waals surface area contributed by atoms with Crippen LogP contribution in [0.25, 0.3) is 0 Å². The molecule has 1 fully saturated rings. The Morgan fingerprint density at radius 2 is 1.67 bits per heavy atom. The van der Waals surface area contributed by atoms with E-state index in [1.807, 2.05) is 62.4 Å². The van der Waals surface area contributed by atoms with E-state index in [1.54, 1.807) is 9.80 Å². The minimum Gasteiger partial charge on any atom is -0.335 e. The Morgan fingerprint density at radius 3 is 2.30 bits per heavy atom. The number of benzene rings is 1. The normalized spacial score (nSPS) is 15.3. The van der Waals surface area contributed by atoms with Crippen molar-refractivity contribution in [3.05, 3.63) is 65.5 Å². The van der Waals surface area contributed by atoms with Gasteiger partial charge in [0.15, 0.2) is 0 Å². The minimum atomic E-state index is -0.110. The number of rotatable bonds is 4. The number of urea groups is 1. The maximum atomic E-state index is 12.7. The summed E-state index contributed by atoms with van der Waals surface area (Å²) in [6.45, 7) is 6.12. The van der Waals surface area contributed by atoms with E-state index >= 15 is 0 Å². The number of nitrogens with zero attached hydrogens (tertiary/aromatic N) is 3. The molecule has 142 valence electrons. The highest BCUT2D eigenvalue weighted by Gasteiger charge is 2.26. The first-order valence-corrected chi connectivity index (χ1v) is 9.41. The second-order valence-corrected chi connectivity index (χ2v) is 6.76.